The van der Waals surface area contributed by atoms with Crippen molar-refractivity contribution in [1.82, 2.24) is 4.72 Å². The van der Waals surface area contributed by atoms with E-state index in [1.807, 2.05) is 0 Å². The maximum atomic E-state index is 12.4. The molecule has 1 N–H and O–H groups in total. The Kier molecular flexibility index (Phi) is 7.24. The standard InChI is InChI=1S/C20H21NO7S/c1-13(21-29(25,26)16-10-8-15(9-11-16)14(2)22)20(24)28-12-18(23)17-6-4-5-7-19(17)27-3/h4-11,13,21H,12H2,1-3H3/t13-/m0/s1. The third-order valence-corrected chi connectivity index (χ3v) is 5.57. The SMILES string of the molecule is COc1ccccc1C(=O)COC(=O)[C@H](C)NS(=O)(=O)c1ccc(C(C)=O)cc1. The summed E-state index contributed by atoms with van der Waals surface area (Å²) in [7, 11) is -2.60. The summed E-state index contributed by atoms with van der Waals surface area (Å²) in [5.41, 5.74) is 0.618. The summed E-state index contributed by atoms with van der Waals surface area (Å²) in [6.07, 6.45) is 0. The fourth-order valence-electron chi connectivity index (χ4n) is 2.43. The van der Waals surface area contributed by atoms with Crippen molar-refractivity contribution < 1.29 is 32.3 Å². The van der Waals surface area contributed by atoms with Gasteiger partial charge in [-0.05, 0) is 38.1 Å². The minimum atomic E-state index is -4.02. The van der Waals surface area contributed by atoms with Gasteiger partial charge in [0.25, 0.3) is 0 Å². The van der Waals surface area contributed by atoms with E-state index in [1.54, 1.807) is 18.2 Å². The summed E-state index contributed by atoms with van der Waals surface area (Å²) in [5, 5.41) is 0. The van der Waals surface area contributed by atoms with Gasteiger partial charge in [0.15, 0.2) is 12.4 Å². The molecule has 0 unspecified atom stereocenters. The number of ketones is 2. The molecule has 0 bridgehead atoms. The van der Waals surface area contributed by atoms with E-state index in [0.29, 0.717) is 11.3 Å². The maximum absolute atomic E-state index is 12.4. The van der Waals surface area contributed by atoms with Gasteiger partial charge in [-0.1, -0.05) is 24.3 Å². The van der Waals surface area contributed by atoms with Crippen LogP contribution in [0.5, 0.6) is 5.75 Å². The number of hydrogen-bond donors (Lipinski definition) is 1. The van der Waals surface area contributed by atoms with E-state index in [4.69, 9.17) is 9.47 Å². The quantitative estimate of drug-likeness (QED) is 0.488. The molecule has 2 aromatic rings. The Labute approximate surface area is 168 Å². The third-order valence-electron chi connectivity index (χ3n) is 4.01. The highest BCUT2D eigenvalue weighted by molar-refractivity contribution is 7.89. The minimum Gasteiger partial charge on any atom is -0.496 e. The molecule has 0 amide bonds. The van der Waals surface area contributed by atoms with Crippen molar-refractivity contribution in [2.45, 2.75) is 24.8 Å². The normalized spacial score (nSPS) is 12.1. The molecule has 2 aromatic carbocycles. The van der Waals surface area contributed by atoms with Gasteiger partial charge in [0.05, 0.1) is 17.6 Å². The summed E-state index contributed by atoms with van der Waals surface area (Å²) < 4.78 is 37.0. The average Bonchev–Trinajstić information content (AvgIpc) is 2.71. The molecule has 2 rings (SSSR count). The summed E-state index contributed by atoms with van der Waals surface area (Å²) >= 11 is 0. The number of carbonyl (C=O) groups excluding carboxylic acids is 3. The van der Waals surface area contributed by atoms with Crippen molar-refractivity contribution in [3.63, 3.8) is 0 Å². The molecule has 154 valence electrons. The second kappa shape index (κ2) is 9.44. The number of benzene rings is 2. The first-order chi connectivity index (χ1) is 13.7. The average molecular weight is 419 g/mol. The van der Waals surface area contributed by atoms with Crippen molar-refractivity contribution >= 4 is 27.6 Å². The van der Waals surface area contributed by atoms with Gasteiger partial charge in [-0.15, -0.1) is 0 Å². The zero-order chi connectivity index (χ0) is 21.6. The third kappa shape index (κ3) is 5.72. The van der Waals surface area contributed by atoms with Gasteiger partial charge in [0, 0.05) is 5.56 Å². The van der Waals surface area contributed by atoms with Gasteiger partial charge in [-0.3, -0.25) is 14.4 Å². The van der Waals surface area contributed by atoms with Crippen LogP contribution in [0.25, 0.3) is 0 Å². The number of carbonyl (C=O) groups is 3. The number of nitrogens with one attached hydrogen (secondary N) is 1. The predicted molar refractivity (Wildman–Crippen MR) is 105 cm³/mol. The number of rotatable bonds is 9. The van der Waals surface area contributed by atoms with E-state index in [0.717, 1.165) is 0 Å². The van der Waals surface area contributed by atoms with Crippen LogP contribution < -0.4 is 9.46 Å². The molecule has 0 heterocycles. The molecular weight excluding hydrogens is 398 g/mol. The van der Waals surface area contributed by atoms with Gasteiger partial charge < -0.3 is 9.47 Å². The predicted octanol–water partition coefficient (Wildman–Crippen LogP) is 1.99. The Morgan fingerprint density at radius 2 is 1.66 bits per heavy atom. The Morgan fingerprint density at radius 1 is 1.03 bits per heavy atom. The van der Waals surface area contributed by atoms with Gasteiger partial charge in [-0.2, -0.15) is 4.72 Å². The molecule has 0 saturated carbocycles. The van der Waals surface area contributed by atoms with Crippen LogP contribution in [-0.4, -0.2) is 45.7 Å². The highest BCUT2D eigenvalue weighted by atomic mass is 32.2. The molecule has 1 atom stereocenters. The monoisotopic (exact) mass is 419 g/mol. The number of hydrogen-bond acceptors (Lipinski definition) is 7. The van der Waals surface area contributed by atoms with Crippen molar-refractivity contribution in [3.05, 3.63) is 59.7 Å². The Bertz CT molecular complexity index is 1010. The van der Waals surface area contributed by atoms with E-state index >= 15 is 0 Å². The molecule has 8 nitrogen and oxygen atoms in total. The molecule has 29 heavy (non-hydrogen) atoms. The van der Waals surface area contributed by atoms with Crippen molar-refractivity contribution in [2.75, 3.05) is 13.7 Å². The first kappa shape index (κ1) is 22.3. The summed E-state index contributed by atoms with van der Waals surface area (Å²) in [4.78, 5) is 35.5. The molecule has 0 spiro atoms. The highest BCUT2D eigenvalue weighted by Gasteiger charge is 2.24. The molecule has 0 aliphatic heterocycles. The van der Waals surface area contributed by atoms with E-state index < -0.39 is 34.4 Å². The molecule has 0 aliphatic carbocycles. The second-order valence-electron chi connectivity index (χ2n) is 6.15. The van der Waals surface area contributed by atoms with Gasteiger partial charge in [-0.25, -0.2) is 8.42 Å². The first-order valence-corrected chi connectivity index (χ1v) is 10.1. The number of methoxy groups -OCH3 is 1. The van der Waals surface area contributed by atoms with E-state index in [2.05, 4.69) is 4.72 Å². The van der Waals surface area contributed by atoms with Crippen molar-refractivity contribution in [1.29, 1.82) is 0 Å². The van der Waals surface area contributed by atoms with Crippen LogP contribution in [0.1, 0.15) is 34.6 Å². The van der Waals surface area contributed by atoms with Gasteiger partial charge >= 0.3 is 5.97 Å². The Balaban J connectivity index is 1.99. The number of sulfonamides is 1. The Hall–Kier alpha value is -3.04. The van der Waals surface area contributed by atoms with Crippen molar-refractivity contribution in [3.8, 4) is 5.75 Å². The smallest absolute Gasteiger partial charge is 0.324 e. The van der Waals surface area contributed by atoms with Gasteiger partial charge in [0.1, 0.15) is 11.8 Å². The molecule has 0 aromatic heterocycles. The van der Waals surface area contributed by atoms with Crippen LogP contribution in [0.2, 0.25) is 0 Å². The lowest BCUT2D eigenvalue weighted by Gasteiger charge is -2.14. The Morgan fingerprint density at radius 3 is 2.24 bits per heavy atom. The molecule has 0 saturated heterocycles. The first-order valence-electron chi connectivity index (χ1n) is 8.62. The number of para-hydroxylation sites is 1. The highest BCUT2D eigenvalue weighted by Crippen LogP contribution is 2.18. The lowest BCUT2D eigenvalue weighted by atomic mass is 10.1. The summed E-state index contributed by atoms with van der Waals surface area (Å²) in [6.45, 7) is 2.11. The van der Waals surface area contributed by atoms with Crippen LogP contribution >= 0.6 is 0 Å². The number of esters is 1. The van der Waals surface area contributed by atoms with E-state index in [1.165, 1.54) is 51.3 Å². The fraction of sp³-hybridized carbons (Fsp3) is 0.250. The zero-order valence-corrected chi connectivity index (χ0v) is 17.0. The summed E-state index contributed by atoms with van der Waals surface area (Å²) in [5.74, 6) is -1.24. The number of ether oxygens (including phenoxy) is 2. The molecule has 0 fully saturated rings. The van der Waals surface area contributed by atoms with Crippen LogP contribution in [-0.2, 0) is 19.6 Å². The number of Topliss-reactive ketones (excluding diaryl/α,β-unsaturated/α-hetero) is 2. The lowest BCUT2D eigenvalue weighted by molar-refractivity contribution is -0.144. The zero-order valence-electron chi connectivity index (χ0n) is 16.2. The summed E-state index contributed by atoms with van der Waals surface area (Å²) in [6, 6.07) is 10.5. The lowest BCUT2D eigenvalue weighted by Crippen LogP contribution is -2.40. The van der Waals surface area contributed by atoms with E-state index in [9.17, 15) is 22.8 Å². The molecular formula is C20H21NO7S. The van der Waals surface area contributed by atoms with Crippen LogP contribution in [0, 0.1) is 0 Å². The maximum Gasteiger partial charge on any atom is 0.324 e. The fourth-order valence-corrected chi connectivity index (χ4v) is 3.62. The second-order valence-corrected chi connectivity index (χ2v) is 7.87. The molecule has 0 radical (unpaired) electrons. The van der Waals surface area contributed by atoms with Crippen LogP contribution in [0.15, 0.2) is 53.4 Å². The van der Waals surface area contributed by atoms with Crippen LogP contribution in [0.3, 0.4) is 0 Å². The van der Waals surface area contributed by atoms with Crippen LogP contribution in [0.4, 0.5) is 0 Å². The topological polar surface area (TPSA) is 116 Å². The van der Waals surface area contributed by atoms with E-state index in [-0.39, 0.29) is 16.2 Å². The molecule has 9 heteroatoms. The minimum absolute atomic E-state index is 0.104. The van der Waals surface area contributed by atoms with Gasteiger partial charge in [0.2, 0.25) is 15.8 Å². The van der Waals surface area contributed by atoms with Crippen molar-refractivity contribution in [2.24, 2.45) is 0 Å². The largest absolute Gasteiger partial charge is 0.496 e. The molecule has 0 aliphatic rings.